The summed E-state index contributed by atoms with van der Waals surface area (Å²) in [6.45, 7) is 3.15. The number of rotatable bonds is 2. The van der Waals surface area contributed by atoms with E-state index in [1.54, 1.807) is 5.51 Å². The maximum atomic E-state index is 12.1. The maximum Gasteiger partial charge on any atom is 0.265 e. The largest absolute Gasteiger partial charge is 0.338 e. The van der Waals surface area contributed by atoms with E-state index in [-0.39, 0.29) is 11.9 Å². The lowest BCUT2D eigenvalue weighted by Gasteiger charge is -2.29. The molecule has 1 amide bonds. The van der Waals surface area contributed by atoms with Gasteiger partial charge in [-0.15, -0.1) is 11.3 Å². The van der Waals surface area contributed by atoms with E-state index in [4.69, 9.17) is 5.53 Å². The number of amides is 1. The number of carbonyl (C=O) groups excluding carboxylic acids is 1. The molecule has 7 heteroatoms. The molecule has 17 heavy (non-hydrogen) atoms. The first kappa shape index (κ1) is 11.9. The van der Waals surface area contributed by atoms with Crippen LogP contribution in [0.2, 0.25) is 0 Å². The second kappa shape index (κ2) is 5.16. The van der Waals surface area contributed by atoms with E-state index in [0.29, 0.717) is 18.0 Å². The highest BCUT2D eigenvalue weighted by atomic mass is 32.1. The number of azide groups is 1. The van der Waals surface area contributed by atoms with Gasteiger partial charge in [-0.1, -0.05) is 5.11 Å². The first-order valence-corrected chi connectivity index (χ1v) is 6.34. The van der Waals surface area contributed by atoms with Crippen LogP contribution in [0.4, 0.5) is 0 Å². The molecule has 6 nitrogen and oxygen atoms in total. The normalized spacial score (nSPS) is 16.6. The summed E-state index contributed by atoms with van der Waals surface area (Å²) in [5.74, 6) is 0.0457. The lowest BCUT2D eigenvalue weighted by Crippen LogP contribution is -2.39. The predicted molar refractivity (Wildman–Crippen MR) is 64.9 cm³/mol. The van der Waals surface area contributed by atoms with Gasteiger partial charge in [-0.25, -0.2) is 4.98 Å². The van der Waals surface area contributed by atoms with E-state index in [1.165, 1.54) is 11.3 Å². The summed E-state index contributed by atoms with van der Waals surface area (Å²) < 4.78 is 0. The molecule has 0 N–H and O–H groups in total. The summed E-state index contributed by atoms with van der Waals surface area (Å²) >= 11 is 1.38. The molecule has 0 atom stereocenters. The standard InChI is InChI=1S/C10H13N5OS/c1-7-9(17-6-12-7)10(16)15-4-2-8(3-5-15)13-14-11/h6,8H,2-5H2,1H3. The number of nitrogens with zero attached hydrogens (tertiary/aromatic N) is 5. The SMILES string of the molecule is Cc1ncsc1C(=O)N1CCC(N=[N+]=[N-])CC1. The van der Waals surface area contributed by atoms with E-state index >= 15 is 0 Å². The van der Waals surface area contributed by atoms with Crippen molar-refractivity contribution in [3.63, 3.8) is 0 Å². The summed E-state index contributed by atoms with van der Waals surface area (Å²) in [4.78, 5) is 21.6. The van der Waals surface area contributed by atoms with E-state index in [9.17, 15) is 4.79 Å². The Morgan fingerprint density at radius 3 is 2.88 bits per heavy atom. The number of thiazole rings is 1. The van der Waals surface area contributed by atoms with Gasteiger partial charge in [-0.3, -0.25) is 4.79 Å². The van der Waals surface area contributed by atoms with Crippen molar-refractivity contribution in [1.29, 1.82) is 0 Å². The molecule has 0 bridgehead atoms. The van der Waals surface area contributed by atoms with Crippen molar-refractivity contribution in [1.82, 2.24) is 9.88 Å². The van der Waals surface area contributed by atoms with Crippen molar-refractivity contribution >= 4 is 17.2 Å². The Labute approximate surface area is 103 Å². The highest BCUT2D eigenvalue weighted by Crippen LogP contribution is 2.20. The van der Waals surface area contributed by atoms with Crippen LogP contribution in [0.3, 0.4) is 0 Å². The molecule has 0 unspecified atom stereocenters. The summed E-state index contributed by atoms with van der Waals surface area (Å²) in [6.07, 6.45) is 1.49. The van der Waals surface area contributed by atoms with Crippen LogP contribution in [0.15, 0.2) is 10.6 Å². The highest BCUT2D eigenvalue weighted by Gasteiger charge is 2.24. The fourth-order valence-corrected chi connectivity index (χ4v) is 2.68. The Morgan fingerprint density at radius 2 is 2.35 bits per heavy atom. The van der Waals surface area contributed by atoms with Crippen LogP contribution in [0, 0.1) is 6.92 Å². The molecule has 0 radical (unpaired) electrons. The number of likely N-dealkylation sites (tertiary alicyclic amines) is 1. The Morgan fingerprint density at radius 1 is 1.65 bits per heavy atom. The van der Waals surface area contributed by atoms with Gasteiger partial charge in [0.1, 0.15) is 4.88 Å². The Hall–Kier alpha value is -1.59. The van der Waals surface area contributed by atoms with Crippen molar-refractivity contribution in [2.75, 3.05) is 13.1 Å². The quantitative estimate of drug-likeness (QED) is 0.459. The number of carbonyl (C=O) groups is 1. The third-order valence-electron chi connectivity index (χ3n) is 2.91. The Bertz CT molecular complexity index is 457. The van der Waals surface area contributed by atoms with Crippen LogP contribution in [0.5, 0.6) is 0 Å². The molecule has 1 aliphatic heterocycles. The maximum absolute atomic E-state index is 12.1. The molecule has 90 valence electrons. The number of hydrogen-bond acceptors (Lipinski definition) is 4. The Balaban J connectivity index is 2.00. The van der Waals surface area contributed by atoms with Crippen molar-refractivity contribution < 1.29 is 4.79 Å². The first-order valence-electron chi connectivity index (χ1n) is 5.46. The molecule has 1 aromatic rings. The topological polar surface area (TPSA) is 82.0 Å². The summed E-state index contributed by atoms with van der Waals surface area (Å²) in [6, 6.07) is 0.0339. The molecule has 2 rings (SSSR count). The third-order valence-corrected chi connectivity index (χ3v) is 3.82. The fraction of sp³-hybridized carbons (Fsp3) is 0.600. The van der Waals surface area contributed by atoms with Gasteiger partial charge < -0.3 is 4.90 Å². The summed E-state index contributed by atoms with van der Waals surface area (Å²) in [7, 11) is 0. The number of aromatic nitrogens is 1. The number of aryl methyl sites for hydroxylation is 1. The van der Waals surface area contributed by atoms with E-state index in [1.807, 2.05) is 11.8 Å². The smallest absolute Gasteiger partial charge is 0.265 e. The molecule has 1 aliphatic rings. The molecule has 0 aliphatic carbocycles. The lowest BCUT2D eigenvalue weighted by atomic mass is 10.1. The molecule has 1 aromatic heterocycles. The molecular formula is C10H13N5OS. The lowest BCUT2D eigenvalue weighted by molar-refractivity contribution is 0.0718. The number of piperidine rings is 1. The first-order chi connectivity index (χ1) is 8.22. The van der Waals surface area contributed by atoms with E-state index < -0.39 is 0 Å². The van der Waals surface area contributed by atoms with Gasteiger partial charge in [0.15, 0.2) is 0 Å². The van der Waals surface area contributed by atoms with E-state index in [2.05, 4.69) is 15.0 Å². The van der Waals surface area contributed by atoms with Gasteiger partial charge in [-0.2, -0.15) is 0 Å². The van der Waals surface area contributed by atoms with Crippen LogP contribution in [0.1, 0.15) is 28.2 Å². The highest BCUT2D eigenvalue weighted by molar-refractivity contribution is 7.11. The van der Waals surface area contributed by atoms with Gasteiger partial charge in [-0.05, 0) is 25.3 Å². The average molecular weight is 251 g/mol. The minimum atomic E-state index is 0.0339. The van der Waals surface area contributed by atoms with Gasteiger partial charge >= 0.3 is 0 Å². The van der Waals surface area contributed by atoms with Gasteiger partial charge in [0.05, 0.1) is 11.2 Å². The van der Waals surface area contributed by atoms with Crippen molar-refractivity contribution in [3.8, 4) is 0 Å². The van der Waals surface area contributed by atoms with Crippen LogP contribution < -0.4 is 0 Å². The van der Waals surface area contributed by atoms with Gasteiger partial charge in [0.25, 0.3) is 5.91 Å². The second-order valence-electron chi connectivity index (χ2n) is 4.00. The van der Waals surface area contributed by atoms with Crippen LogP contribution >= 0.6 is 11.3 Å². The molecule has 2 heterocycles. The second-order valence-corrected chi connectivity index (χ2v) is 4.85. The average Bonchev–Trinajstić information content (AvgIpc) is 2.76. The summed E-state index contributed by atoms with van der Waals surface area (Å²) in [5, 5.41) is 3.69. The minimum Gasteiger partial charge on any atom is -0.338 e. The molecule has 0 saturated carbocycles. The van der Waals surface area contributed by atoms with Crippen molar-refractivity contribution in [3.05, 3.63) is 26.5 Å². The van der Waals surface area contributed by atoms with Crippen LogP contribution in [0.25, 0.3) is 10.4 Å². The van der Waals surface area contributed by atoms with Gasteiger partial charge in [0, 0.05) is 24.0 Å². The Kier molecular flexibility index (Phi) is 3.61. The fourth-order valence-electron chi connectivity index (χ4n) is 1.91. The molecule has 1 fully saturated rings. The number of hydrogen-bond donors (Lipinski definition) is 0. The van der Waals surface area contributed by atoms with Crippen molar-refractivity contribution in [2.45, 2.75) is 25.8 Å². The zero-order chi connectivity index (χ0) is 12.3. The molecular weight excluding hydrogens is 238 g/mol. The van der Waals surface area contributed by atoms with Gasteiger partial charge in [0.2, 0.25) is 0 Å². The third kappa shape index (κ3) is 2.57. The monoisotopic (exact) mass is 251 g/mol. The van der Waals surface area contributed by atoms with Crippen molar-refractivity contribution in [2.24, 2.45) is 5.11 Å². The molecule has 0 spiro atoms. The zero-order valence-electron chi connectivity index (χ0n) is 9.54. The van der Waals surface area contributed by atoms with Crippen LogP contribution in [-0.2, 0) is 0 Å². The molecule has 1 saturated heterocycles. The minimum absolute atomic E-state index is 0.0339. The predicted octanol–water partition coefficient (Wildman–Crippen LogP) is 2.37. The zero-order valence-corrected chi connectivity index (χ0v) is 10.4. The van der Waals surface area contributed by atoms with E-state index in [0.717, 1.165) is 18.5 Å². The van der Waals surface area contributed by atoms with Crippen LogP contribution in [-0.4, -0.2) is 34.9 Å². The summed E-state index contributed by atoms with van der Waals surface area (Å²) in [5.41, 5.74) is 10.8. The molecule has 0 aromatic carbocycles.